The van der Waals surface area contributed by atoms with E-state index in [1.807, 2.05) is 42.6 Å². The summed E-state index contributed by atoms with van der Waals surface area (Å²) < 4.78 is 5.22. The molecule has 34 heavy (non-hydrogen) atoms. The third kappa shape index (κ3) is 5.33. The van der Waals surface area contributed by atoms with Crippen molar-refractivity contribution in [2.45, 2.75) is 12.1 Å². The Balaban J connectivity index is 1.47. The number of benzene rings is 2. The molecule has 0 aliphatic heterocycles. The number of hydrogen-bond acceptors (Lipinski definition) is 8. The number of aryl methyl sites for hydroxylation is 1. The zero-order valence-electron chi connectivity index (χ0n) is 18.3. The third-order valence-corrected chi connectivity index (χ3v) is 6.42. The van der Waals surface area contributed by atoms with Gasteiger partial charge in [-0.2, -0.15) is 5.26 Å². The highest BCUT2D eigenvalue weighted by Gasteiger charge is 2.16. The van der Waals surface area contributed by atoms with Crippen molar-refractivity contribution in [3.63, 3.8) is 0 Å². The van der Waals surface area contributed by atoms with Gasteiger partial charge in [-0.1, -0.05) is 53.7 Å². The zero-order valence-corrected chi connectivity index (χ0v) is 19.9. The fourth-order valence-electron chi connectivity index (χ4n) is 3.08. The number of aromatic nitrogens is 3. The highest BCUT2D eigenvalue weighted by Crippen LogP contribution is 2.27. The molecule has 0 aliphatic carbocycles. The summed E-state index contributed by atoms with van der Waals surface area (Å²) in [6.07, 6.45) is 0. The summed E-state index contributed by atoms with van der Waals surface area (Å²) >= 11 is 2.40. The van der Waals surface area contributed by atoms with Crippen LogP contribution in [0.1, 0.15) is 11.1 Å². The van der Waals surface area contributed by atoms with Crippen molar-refractivity contribution in [1.82, 2.24) is 15.0 Å². The van der Waals surface area contributed by atoms with Gasteiger partial charge >= 0.3 is 0 Å². The Morgan fingerprint density at radius 1 is 1.21 bits per heavy atom. The van der Waals surface area contributed by atoms with Crippen LogP contribution in [0.4, 0.5) is 5.13 Å². The van der Waals surface area contributed by atoms with Crippen molar-refractivity contribution in [1.29, 1.82) is 5.26 Å². The van der Waals surface area contributed by atoms with E-state index in [0.717, 1.165) is 28.6 Å². The summed E-state index contributed by atoms with van der Waals surface area (Å²) in [4.78, 5) is 36.4. The van der Waals surface area contributed by atoms with Gasteiger partial charge in [0, 0.05) is 16.5 Å². The number of nitrogens with zero attached hydrogens (tertiary/aromatic N) is 3. The third-order valence-electron chi connectivity index (χ3n) is 4.79. The Morgan fingerprint density at radius 3 is 2.74 bits per heavy atom. The molecule has 0 aliphatic rings. The first kappa shape index (κ1) is 23.2. The average molecular weight is 490 g/mol. The molecule has 2 aromatic carbocycles. The van der Waals surface area contributed by atoms with Crippen molar-refractivity contribution in [2.24, 2.45) is 0 Å². The van der Waals surface area contributed by atoms with Crippen molar-refractivity contribution in [3.05, 3.63) is 75.4 Å². The second-order valence-electron chi connectivity index (χ2n) is 7.18. The van der Waals surface area contributed by atoms with Crippen LogP contribution in [0, 0.1) is 18.3 Å². The summed E-state index contributed by atoms with van der Waals surface area (Å²) in [6, 6.07) is 16.8. The molecule has 0 spiro atoms. The van der Waals surface area contributed by atoms with Crippen molar-refractivity contribution >= 4 is 34.1 Å². The molecule has 2 N–H and O–H groups in total. The highest BCUT2D eigenvalue weighted by atomic mass is 32.2. The average Bonchev–Trinajstić information content (AvgIpc) is 3.31. The maximum atomic E-state index is 12.5. The molecule has 0 saturated carbocycles. The predicted molar refractivity (Wildman–Crippen MR) is 133 cm³/mol. The number of amides is 1. The number of aromatic amines is 1. The van der Waals surface area contributed by atoms with Crippen LogP contribution in [0.5, 0.6) is 5.75 Å². The van der Waals surface area contributed by atoms with Gasteiger partial charge < -0.3 is 15.0 Å². The van der Waals surface area contributed by atoms with Gasteiger partial charge in [0.15, 0.2) is 10.3 Å². The fraction of sp³-hybridized carbons (Fsp3) is 0.125. The number of thiazole rings is 1. The Morgan fingerprint density at radius 2 is 2.00 bits per heavy atom. The number of nitrogens with one attached hydrogen (secondary N) is 2. The smallest absolute Gasteiger partial charge is 0.270 e. The van der Waals surface area contributed by atoms with Crippen LogP contribution in [-0.4, -0.2) is 33.7 Å². The van der Waals surface area contributed by atoms with E-state index in [1.165, 1.54) is 18.4 Å². The lowest BCUT2D eigenvalue weighted by Crippen LogP contribution is -2.17. The van der Waals surface area contributed by atoms with E-state index >= 15 is 0 Å². The molecule has 0 bridgehead atoms. The Bertz CT molecular complexity index is 1440. The molecule has 10 heteroatoms. The lowest BCUT2D eigenvalue weighted by atomic mass is 10.1. The number of rotatable bonds is 7. The number of carbonyl (C=O) groups excluding carboxylic acids is 1. The van der Waals surface area contributed by atoms with Gasteiger partial charge in [-0.05, 0) is 19.1 Å². The fourth-order valence-corrected chi connectivity index (χ4v) is 4.48. The SMILES string of the molecule is COc1cccc(-c2nc(SCC(=O)Nc3nc(-c4ccc(C)cc4)cs3)[nH]c(=O)c2C#N)c1. The van der Waals surface area contributed by atoms with Gasteiger partial charge in [-0.3, -0.25) is 9.59 Å². The number of carbonyl (C=O) groups is 1. The Kier molecular flexibility index (Phi) is 7.06. The zero-order chi connectivity index (χ0) is 24.1. The molecule has 0 fully saturated rings. The number of hydrogen-bond donors (Lipinski definition) is 2. The number of ether oxygens (including phenoxy) is 1. The van der Waals surface area contributed by atoms with Gasteiger partial charge in [0.25, 0.3) is 5.56 Å². The van der Waals surface area contributed by atoms with E-state index < -0.39 is 5.56 Å². The summed E-state index contributed by atoms with van der Waals surface area (Å²) in [5.41, 5.74) is 3.05. The van der Waals surface area contributed by atoms with Crippen LogP contribution in [0.15, 0.2) is 63.9 Å². The number of H-pyrrole nitrogens is 1. The van der Waals surface area contributed by atoms with Crippen LogP contribution < -0.4 is 15.6 Å². The van der Waals surface area contributed by atoms with E-state index in [9.17, 15) is 14.9 Å². The van der Waals surface area contributed by atoms with Crippen molar-refractivity contribution < 1.29 is 9.53 Å². The largest absolute Gasteiger partial charge is 0.497 e. The molecule has 0 radical (unpaired) electrons. The van der Waals surface area contributed by atoms with Crippen molar-refractivity contribution in [3.8, 4) is 34.3 Å². The summed E-state index contributed by atoms with van der Waals surface area (Å²) in [5.74, 6) is 0.293. The minimum Gasteiger partial charge on any atom is -0.497 e. The van der Waals surface area contributed by atoms with E-state index in [2.05, 4.69) is 20.3 Å². The van der Waals surface area contributed by atoms with E-state index in [-0.39, 0.29) is 28.1 Å². The monoisotopic (exact) mass is 489 g/mol. The van der Waals surface area contributed by atoms with Gasteiger partial charge in [-0.15, -0.1) is 11.3 Å². The minimum atomic E-state index is -0.569. The van der Waals surface area contributed by atoms with Crippen LogP contribution in [-0.2, 0) is 4.79 Å². The second-order valence-corrected chi connectivity index (χ2v) is 9.00. The van der Waals surface area contributed by atoms with Gasteiger partial charge in [0.2, 0.25) is 5.91 Å². The molecule has 170 valence electrons. The minimum absolute atomic E-state index is 0.00579. The molecule has 1 amide bonds. The summed E-state index contributed by atoms with van der Waals surface area (Å²) in [5, 5.41) is 14.8. The van der Waals surface area contributed by atoms with Crippen LogP contribution in [0.25, 0.3) is 22.5 Å². The molecule has 0 saturated heterocycles. The summed E-state index contributed by atoms with van der Waals surface area (Å²) in [7, 11) is 1.53. The normalized spacial score (nSPS) is 10.5. The molecule has 4 rings (SSSR count). The molecule has 0 unspecified atom stereocenters. The maximum absolute atomic E-state index is 12.5. The molecule has 2 heterocycles. The highest BCUT2D eigenvalue weighted by molar-refractivity contribution is 7.99. The van der Waals surface area contributed by atoms with Crippen LogP contribution >= 0.6 is 23.1 Å². The molecule has 4 aromatic rings. The first-order chi connectivity index (χ1) is 16.5. The van der Waals surface area contributed by atoms with E-state index in [1.54, 1.807) is 24.3 Å². The topological polar surface area (TPSA) is 121 Å². The van der Waals surface area contributed by atoms with Gasteiger partial charge in [-0.25, -0.2) is 9.97 Å². The van der Waals surface area contributed by atoms with Crippen LogP contribution in [0.2, 0.25) is 0 Å². The lowest BCUT2D eigenvalue weighted by Gasteiger charge is -2.08. The summed E-state index contributed by atoms with van der Waals surface area (Å²) in [6.45, 7) is 2.02. The molecular weight excluding hydrogens is 470 g/mol. The second kappa shape index (κ2) is 10.3. The van der Waals surface area contributed by atoms with E-state index in [0.29, 0.717) is 16.4 Å². The standard InChI is InChI=1S/C24H19N5O3S2/c1-14-6-8-15(9-7-14)19-12-33-23(26-19)27-20(30)13-34-24-28-21(18(11-25)22(31)29-24)16-4-3-5-17(10-16)32-2/h3-10,12H,13H2,1-2H3,(H,26,27,30)(H,28,29,31). The van der Waals surface area contributed by atoms with E-state index in [4.69, 9.17) is 4.74 Å². The lowest BCUT2D eigenvalue weighted by molar-refractivity contribution is -0.113. The number of thioether (sulfide) groups is 1. The number of anilines is 1. The first-order valence-corrected chi connectivity index (χ1v) is 12.0. The molecule has 8 nitrogen and oxygen atoms in total. The number of nitriles is 1. The van der Waals surface area contributed by atoms with Crippen molar-refractivity contribution in [2.75, 3.05) is 18.2 Å². The molecule has 0 atom stereocenters. The molecular formula is C24H19N5O3S2. The Hall–Kier alpha value is -3.94. The van der Waals surface area contributed by atoms with Crippen LogP contribution in [0.3, 0.4) is 0 Å². The quantitative estimate of drug-likeness (QED) is 0.290. The number of methoxy groups -OCH3 is 1. The van der Waals surface area contributed by atoms with Gasteiger partial charge in [0.1, 0.15) is 17.4 Å². The van der Waals surface area contributed by atoms with Gasteiger partial charge in [0.05, 0.1) is 24.3 Å². The first-order valence-electron chi connectivity index (χ1n) is 10.1. The Labute approximate surface area is 203 Å². The molecule has 2 aromatic heterocycles. The maximum Gasteiger partial charge on any atom is 0.270 e. The predicted octanol–water partition coefficient (Wildman–Crippen LogP) is 4.48.